The molecule has 2 aliphatic carbocycles. The van der Waals surface area contributed by atoms with E-state index in [0.717, 1.165) is 12.0 Å². The summed E-state index contributed by atoms with van der Waals surface area (Å²) in [6, 6.07) is 5.46. The minimum absolute atomic E-state index is 0.0932. The molecule has 5 heteroatoms. The van der Waals surface area contributed by atoms with Crippen LogP contribution in [0, 0.1) is 23.2 Å². The molecule has 2 aliphatic rings. The standard InChI is InChI=1S/C18H21BrClNO2/c1-10-11(20)6-5-7-12(10)21-15(23)18-9-8-17(4,16(18,2)3)14(22)13(18)19/h5-7,13H,8-9H2,1-4H3,(H,21,23). The van der Waals surface area contributed by atoms with Gasteiger partial charge in [-0.1, -0.05) is 54.4 Å². The first-order valence-electron chi connectivity index (χ1n) is 7.84. The van der Waals surface area contributed by atoms with Gasteiger partial charge in [0.05, 0.1) is 10.2 Å². The lowest BCUT2D eigenvalue weighted by Crippen LogP contribution is -2.48. The maximum Gasteiger partial charge on any atom is 0.232 e. The summed E-state index contributed by atoms with van der Waals surface area (Å²) in [7, 11) is 0. The van der Waals surface area contributed by atoms with Gasteiger partial charge in [-0.25, -0.2) is 0 Å². The number of fused-ring (bicyclic) bond motifs is 2. The summed E-state index contributed by atoms with van der Waals surface area (Å²) >= 11 is 9.69. The predicted molar refractivity (Wildman–Crippen MR) is 96.1 cm³/mol. The third-order valence-corrected chi connectivity index (χ3v) is 8.25. The van der Waals surface area contributed by atoms with Crippen LogP contribution < -0.4 is 5.32 Å². The number of hydrogen-bond acceptors (Lipinski definition) is 2. The van der Waals surface area contributed by atoms with Crippen LogP contribution >= 0.6 is 27.5 Å². The maximum absolute atomic E-state index is 13.2. The average Bonchev–Trinajstić information content (AvgIpc) is 2.76. The lowest BCUT2D eigenvalue weighted by molar-refractivity contribution is -0.130. The van der Waals surface area contributed by atoms with Crippen molar-refractivity contribution in [2.24, 2.45) is 16.2 Å². The van der Waals surface area contributed by atoms with Crippen LogP contribution in [0.1, 0.15) is 39.2 Å². The molecular weight excluding hydrogens is 378 g/mol. The Balaban J connectivity index is 2.02. The number of hydrogen-bond donors (Lipinski definition) is 1. The molecule has 0 aromatic heterocycles. The van der Waals surface area contributed by atoms with Gasteiger partial charge in [-0.15, -0.1) is 0 Å². The van der Waals surface area contributed by atoms with Crippen molar-refractivity contribution < 1.29 is 9.59 Å². The Kier molecular flexibility index (Phi) is 3.73. The summed E-state index contributed by atoms with van der Waals surface area (Å²) in [5, 5.41) is 3.65. The van der Waals surface area contributed by atoms with E-state index in [9.17, 15) is 9.59 Å². The summed E-state index contributed by atoms with van der Waals surface area (Å²) in [4.78, 5) is 25.5. The SMILES string of the molecule is Cc1c(Cl)cccc1NC(=O)C12CCC(C)(C(=O)C1Br)C2(C)C. The summed E-state index contributed by atoms with van der Waals surface area (Å²) in [6.07, 6.45) is 1.46. The minimum Gasteiger partial charge on any atom is -0.325 e. The summed E-state index contributed by atoms with van der Waals surface area (Å²) in [6.45, 7) is 7.97. The van der Waals surface area contributed by atoms with E-state index in [4.69, 9.17) is 11.6 Å². The van der Waals surface area contributed by atoms with Crippen molar-refractivity contribution in [3.05, 3.63) is 28.8 Å². The lowest BCUT2D eigenvalue weighted by Gasteiger charge is -2.39. The molecule has 2 saturated carbocycles. The van der Waals surface area contributed by atoms with E-state index in [2.05, 4.69) is 21.2 Å². The van der Waals surface area contributed by atoms with Crippen molar-refractivity contribution in [1.29, 1.82) is 0 Å². The fourth-order valence-electron chi connectivity index (χ4n) is 4.43. The van der Waals surface area contributed by atoms with Crippen molar-refractivity contribution >= 4 is 44.9 Å². The smallest absolute Gasteiger partial charge is 0.232 e. The molecule has 1 aromatic carbocycles. The number of carbonyl (C=O) groups excluding carboxylic acids is 2. The molecule has 2 bridgehead atoms. The Morgan fingerprint density at radius 1 is 1.30 bits per heavy atom. The van der Waals surface area contributed by atoms with Gasteiger partial charge in [-0.3, -0.25) is 9.59 Å². The predicted octanol–water partition coefficient (Wildman–Crippen LogP) is 4.75. The third kappa shape index (κ3) is 1.88. The zero-order valence-corrected chi connectivity index (χ0v) is 16.1. The molecule has 0 aliphatic heterocycles. The van der Waals surface area contributed by atoms with Crippen LogP contribution in [0.5, 0.6) is 0 Å². The first-order chi connectivity index (χ1) is 10.6. The van der Waals surface area contributed by atoms with Gasteiger partial charge in [0.1, 0.15) is 0 Å². The quantitative estimate of drug-likeness (QED) is 0.731. The molecule has 1 aromatic rings. The average molecular weight is 399 g/mol. The topological polar surface area (TPSA) is 46.2 Å². The van der Waals surface area contributed by atoms with E-state index in [1.807, 2.05) is 39.8 Å². The van der Waals surface area contributed by atoms with Crippen molar-refractivity contribution in [2.75, 3.05) is 5.32 Å². The van der Waals surface area contributed by atoms with Crippen LogP contribution in [0.25, 0.3) is 0 Å². The van der Waals surface area contributed by atoms with Gasteiger partial charge in [0.15, 0.2) is 5.78 Å². The van der Waals surface area contributed by atoms with Gasteiger partial charge in [-0.2, -0.15) is 0 Å². The number of nitrogens with one attached hydrogen (secondary N) is 1. The molecule has 3 rings (SSSR count). The lowest BCUT2D eigenvalue weighted by atomic mass is 9.64. The fraction of sp³-hybridized carbons (Fsp3) is 0.556. The zero-order valence-electron chi connectivity index (χ0n) is 13.8. The zero-order chi connectivity index (χ0) is 17.2. The normalized spacial score (nSPS) is 34.7. The van der Waals surface area contributed by atoms with E-state index >= 15 is 0 Å². The van der Waals surface area contributed by atoms with E-state index in [-0.39, 0.29) is 11.7 Å². The Morgan fingerprint density at radius 2 is 1.96 bits per heavy atom. The molecule has 124 valence electrons. The summed E-state index contributed by atoms with van der Waals surface area (Å²) < 4.78 is 0. The molecule has 1 amide bonds. The molecule has 0 spiro atoms. The number of ketones is 1. The van der Waals surface area contributed by atoms with Crippen LogP contribution in [0.3, 0.4) is 0 Å². The molecule has 0 radical (unpaired) electrons. The van der Waals surface area contributed by atoms with Crippen molar-refractivity contribution in [3.63, 3.8) is 0 Å². The van der Waals surface area contributed by atoms with Gasteiger partial charge >= 0.3 is 0 Å². The van der Waals surface area contributed by atoms with Gasteiger partial charge in [0.2, 0.25) is 5.91 Å². The van der Waals surface area contributed by atoms with E-state index < -0.39 is 21.1 Å². The van der Waals surface area contributed by atoms with Crippen LogP contribution in [0.15, 0.2) is 18.2 Å². The summed E-state index contributed by atoms with van der Waals surface area (Å²) in [5.41, 5.74) is -0.0367. The second kappa shape index (κ2) is 5.06. The number of carbonyl (C=O) groups is 2. The molecule has 0 heterocycles. The first-order valence-corrected chi connectivity index (χ1v) is 9.14. The van der Waals surface area contributed by atoms with Crippen LogP contribution in [0.2, 0.25) is 5.02 Å². The van der Waals surface area contributed by atoms with E-state index in [1.165, 1.54) is 0 Å². The highest BCUT2D eigenvalue weighted by atomic mass is 79.9. The van der Waals surface area contributed by atoms with Crippen molar-refractivity contribution in [2.45, 2.75) is 45.4 Å². The van der Waals surface area contributed by atoms with E-state index in [1.54, 1.807) is 6.07 Å². The number of anilines is 1. The molecular formula is C18H21BrClNO2. The summed E-state index contributed by atoms with van der Waals surface area (Å²) in [5.74, 6) is 0.0519. The fourth-order valence-corrected chi connectivity index (χ4v) is 6.12. The number of benzene rings is 1. The second-order valence-electron chi connectivity index (χ2n) is 7.52. The molecule has 3 nitrogen and oxygen atoms in total. The van der Waals surface area contributed by atoms with Crippen molar-refractivity contribution in [3.8, 4) is 0 Å². The van der Waals surface area contributed by atoms with Gasteiger partial charge in [0.25, 0.3) is 0 Å². The van der Waals surface area contributed by atoms with Gasteiger partial charge in [0, 0.05) is 16.1 Å². The second-order valence-corrected chi connectivity index (χ2v) is 8.84. The van der Waals surface area contributed by atoms with Crippen LogP contribution in [-0.2, 0) is 9.59 Å². The molecule has 3 atom stereocenters. The number of rotatable bonds is 2. The monoisotopic (exact) mass is 397 g/mol. The third-order valence-electron chi connectivity index (χ3n) is 6.64. The molecule has 3 unspecified atom stereocenters. The highest BCUT2D eigenvalue weighted by Gasteiger charge is 2.76. The Morgan fingerprint density at radius 3 is 2.52 bits per heavy atom. The largest absolute Gasteiger partial charge is 0.325 e. The van der Waals surface area contributed by atoms with Gasteiger partial charge in [-0.05, 0) is 42.9 Å². The molecule has 1 N–H and O–H groups in total. The Bertz CT molecular complexity index is 717. The Hall–Kier alpha value is -0.870. The Labute approximate surface area is 150 Å². The molecule has 2 fully saturated rings. The van der Waals surface area contributed by atoms with Crippen molar-refractivity contribution in [1.82, 2.24) is 0 Å². The first kappa shape index (κ1) is 17.0. The highest BCUT2D eigenvalue weighted by Crippen LogP contribution is 2.72. The van der Waals surface area contributed by atoms with Crippen LogP contribution in [0.4, 0.5) is 5.69 Å². The number of alkyl halides is 1. The number of Topliss-reactive ketones (excluding diaryl/α,β-unsaturated/α-hetero) is 1. The molecule has 0 saturated heterocycles. The minimum atomic E-state index is -0.729. The number of amides is 1. The van der Waals surface area contributed by atoms with Crippen LogP contribution in [-0.4, -0.2) is 16.5 Å². The maximum atomic E-state index is 13.2. The van der Waals surface area contributed by atoms with Gasteiger partial charge < -0.3 is 5.32 Å². The van der Waals surface area contributed by atoms with E-state index in [0.29, 0.717) is 17.1 Å². The number of halogens is 2. The highest BCUT2D eigenvalue weighted by molar-refractivity contribution is 9.10. The molecule has 23 heavy (non-hydrogen) atoms.